The largest absolute Gasteiger partial charge is 0.524 e. The Balaban J connectivity index is 2.37. The number of aliphatic hydroxyl groups excluding tert-OH is 1. The van der Waals surface area contributed by atoms with Crippen LogP contribution in [-0.4, -0.2) is 37.2 Å². The van der Waals surface area contributed by atoms with E-state index in [9.17, 15) is 18.5 Å². The fourth-order valence-corrected chi connectivity index (χ4v) is 2.18. The first kappa shape index (κ1) is 15.4. The van der Waals surface area contributed by atoms with Crippen LogP contribution in [0.3, 0.4) is 0 Å². The van der Waals surface area contributed by atoms with Crippen LogP contribution < -0.4 is 11.2 Å². The first-order valence-corrected chi connectivity index (χ1v) is 6.97. The highest BCUT2D eigenvalue weighted by Crippen LogP contribution is 2.45. The van der Waals surface area contributed by atoms with Gasteiger partial charge in [-0.15, -0.1) is 0 Å². The van der Waals surface area contributed by atoms with Gasteiger partial charge in [-0.05, 0) is 0 Å². The average Bonchev–Trinajstić information content (AvgIpc) is 2.65. The number of alkyl halides is 1. The molecule has 116 valence electrons. The lowest BCUT2D eigenvalue weighted by Crippen LogP contribution is -2.34. The lowest BCUT2D eigenvalue weighted by atomic mass is 10.3. The molecule has 2 rings (SSSR count). The van der Waals surface area contributed by atoms with Crippen molar-refractivity contribution in [1.29, 1.82) is 0 Å². The smallest absolute Gasteiger partial charge is 0.465 e. The summed E-state index contributed by atoms with van der Waals surface area (Å²) in [4.78, 5) is 41.7. The highest BCUT2D eigenvalue weighted by atomic mass is 31.2. The van der Waals surface area contributed by atoms with E-state index in [2.05, 4.69) is 4.52 Å². The maximum absolute atomic E-state index is 14.2. The minimum Gasteiger partial charge on any atom is -0.465 e. The monoisotopic (exact) mass is 324 g/mol. The Labute approximate surface area is 115 Å². The molecular weight excluding hydrogens is 314 g/mol. The lowest BCUT2D eigenvalue weighted by Gasteiger charge is -2.16. The van der Waals surface area contributed by atoms with Crippen LogP contribution in [0.1, 0.15) is 6.23 Å². The molecule has 1 aromatic heterocycles. The van der Waals surface area contributed by atoms with Crippen LogP contribution in [0.25, 0.3) is 0 Å². The van der Waals surface area contributed by atoms with E-state index >= 15 is 0 Å². The number of phosphoric acid groups is 1. The molecule has 0 amide bonds. The van der Waals surface area contributed by atoms with Gasteiger partial charge < -0.3 is 14.4 Å². The summed E-state index contributed by atoms with van der Waals surface area (Å²) < 4.78 is 34.6. The van der Waals surface area contributed by atoms with Crippen molar-refractivity contribution in [3.63, 3.8) is 0 Å². The van der Waals surface area contributed by atoms with Gasteiger partial charge in [0.2, 0.25) is 12.4 Å². The Bertz CT molecular complexity index is 734. The van der Waals surface area contributed by atoms with Gasteiger partial charge in [0.1, 0.15) is 6.61 Å². The number of aromatic amines is 1. The molecule has 0 bridgehead atoms. The molecule has 0 unspecified atom stereocenters. The molecule has 1 aliphatic rings. The molecule has 1 aliphatic heterocycles. The van der Waals surface area contributed by atoms with Gasteiger partial charge in [0, 0.05) is 12.3 Å². The van der Waals surface area contributed by atoms with E-state index in [0.717, 1.165) is 12.3 Å². The molecule has 0 spiro atoms. The van der Waals surface area contributed by atoms with Gasteiger partial charge >= 0.3 is 13.5 Å². The quantitative estimate of drug-likeness (QED) is 0.500. The summed E-state index contributed by atoms with van der Waals surface area (Å²) in [5.41, 5.74) is -1.71. The molecule has 0 radical (unpaired) electrons. The second-order valence-corrected chi connectivity index (χ2v) is 5.12. The molecule has 21 heavy (non-hydrogen) atoms. The van der Waals surface area contributed by atoms with Crippen LogP contribution in [0.2, 0.25) is 0 Å². The Morgan fingerprint density at radius 2 is 2.14 bits per heavy atom. The van der Waals surface area contributed by atoms with E-state index in [0.29, 0.717) is 4.57 Å². The number of phosphoric ester groups is 1. The van der Waals surface area contributed by atoms with E-state index in [1.807, 2.05) is 4.98 Å². The second-order valence-electron chi connectivity index (χ2n) is 3.95. The van der Waals surface area contributed by atoms with Gasteiger partial charge in [0.05, 0.1) is 0 Å². The van der Waals surface area contributed by atoms with Crippen molar-refractivity contribution in [2.24, 2.45) is 0 Å². The summed E-state index contributed by atoms with van der Waals surface area (Å²) in [7, 11) is -5.07. The third-order valence-electron chi connectivity index (χ3n) is 2.52. The van der Waals surface area contributed by atoms with Crippen molar-refractivity contribution in [3.8, 4) is 0 Å². The zero-order chi connectivity index (χ0) is 15.8. The van der Waals surface area contributed by atoms with Gasteiger partial charge in [0.25, 0.3) is 5.56 Å². The Kier molecular flexibility index (Phi) is 4.01. The Morgan fingerprint density at radius 3 is 2.67 bits per heavy atom. The zero-order valence-electron chi connectivity index (χ0n) is 10.2. The van der Waals surface area contributed by atoms with Crippen molar-refractivity contribution >= 4 is 7.82 Å². The first-order valence-electron chi connectivity index (χ1n) is 5.44. The predicted octanol–water partition coefficient (Wildman–Crippen LogP) is -1.28. The number of aromatic nitrogens is 2. The summed E-state index contributed by atoms with van der Waals surface area (Å²) >= 11 is 0. The molecule has 0 saturated heterocycles. The van der Waals surface area contributed by atoms with Crippen LogP contribution >= 0.6 is 7.82 Å². The highest BCUT2D eigenvalue weighted by Gasteiger charge is 2.43. The van der Waals surface area contributed by atoms with E-state index in [-0.39, 0.29) is 0 Å². The summed E-state index contributed by atoms with van der Waals surface area (Å²) in [6, 6.07) is 0.929. The molecule has 2 atom stereocenters. The topological polar surface area (TPSA) is 151 Å². The molecule has 10 nitrogen and oxygen atoms in total. The molecule has 12 heteroatoms. The third kappa shape index (κ3) is 3.22. The Morgan fingerprint density at radius 1 is 1.48 bits per heavy atom. The van der Waals surface area contributed by atoms with Crippen molar-refractivity contribution in [3.05, 3.63) is 44.6 Å². The number of nitrogens with one attached hydrogen (secondary N) is 1. The van der Waals surface area contributed by atoms with Gasteiger partial charge in [-0.25, -0.2) is 13.8 Å². The molecule has 1 aromatic rings. The molecule has 0 aromatic carbocycles. The van der Waals surface area contributed by atoms with Crippen molar-refractivity contribution in [1.82, 2.24) is 9.55 Å². The molecular formula is C9H10FN2O8P. The fraction of sp³-hybridized carbons (Fsp3) is 0.333. The normalized spacial score (nSPS) is 22.3. The number of ether oxygens (including phenoxy) is 1. The van der Waals surface area contributed by atoms with E-state index < -0.39 is 49.6 Å². The standard InChI is InChI=1S/C9H10FN2O8P/c10-6-7(20-21(16,17)18)4(3-13)19-8(6)12-2-1-5(14)11-9(12)15/h1-2,6,8,13H,3H2,(H,11,14,15)(H2,16,17,18)/t6-,8-/m1/s1. The zero-order valence-corrected chi connectivity index (χ0v) is 11.1. The molecule has 4 N–H and O–H groups in total. The lowest BCUT2D eigenvalue weighted by molar-refractivity contribution is 0.0167. The number of halogens is 1. The molecule has 0 saturated carbocycles. The van der Waals surface area contributed by atoms with E-state index in [1.165, 1.54) is 0 Å². The third-order valence-corrected chi connectivity index (χ3v) is 2.96. The van der Waals surface area contributed by atoms with Gasteiger partial charge in [0.15, 0.2) is 11.5 Å². The number of hydrogen-bond acceptors (Lipinski definition) is 6. The Hall–Kier alpha value is -1.94. The number of hydrogen-bond donors (Lipinski definition) is 4. The van der Waals surface area contributed by atoms with Crippen LogP contribution in [0, 0.1) is 0 Å². The number of rotatable bonds is 4. The number of aliphatic hydroxyl groups is 1. The maximum atomic E-state index is 14.2. The predicted molar refractivity (Wildman–Crippen MR) is 63.6 cm³/mol. The summed E-state index contributed by atoms with van der Waals surface area (Å²) in [5.74, 6) is -1.47. The number of nitrogens with zero attached hydrogens (tertiary/aromatic N) is 1. The van der Waals surface area contributed by atoms with E-state index in [4.69, 9.17) is 19.6 Å². The van der Waals surface area contributed by atoms with Crippen LogP contribution in [-0.2, 0) is 13.8 Å². The van der Waals surface area contributed by atoms with Crippen molar-refractivity contribution in [2.45, 2.75) is 12.4 Å². The molecule has 0 fully saturated rings. The van der Waals surface area contributed by atoms with Gasteiger partial charge in [-0.1, -0.05) is 0 Å². The van der Waals surface area contributed by atoms with Crippen molar-refractivity contribution in [2.75, 3.05) is 6.61 Å². The minimum absolute atomic E-state index is 0.561. The van der Waals surface area contributed by atoms with Crippen LogP contribution in [0.4, 0.5) is 4.39 Å². The molecule has 2 heterocycles. The fourth-order valence-electron chi connectivity index (χ4n) is 1.72. The average molecular weight is 324 g/mol. The SMILES string of the molecule is O=c1ccn([C@@H]2OC(CO)=C(OP(=O)(O)O)[C@H]2F)c(=O)[nH]1. The molecule has 0 aliphatic carbocycles. The van der Waals surface area contributed by atoms with E-state index in [1.54, 1.807) is 0 Å². The van der Waals surface area contributed by atoms with Gasteiger partial charge in [-0.2, -0.15) is 0 Å². The second kappa shape index (κ2) is 5.45. The summed E-state index contributed by atoms with van der Waals surface area (Å²) in [6.07, 6.45) is -2.99. The summed E-state index contributed by atoms with van der Waals surface area (Å²) in [6.45, 7) is -0.898. The summed E-state index contributed by atoms with van der Waals surface area (Å²) in [5, 5.41) is 9.00. The maximum Gasteiger partial charge on any atom is 0.524 e. The first-order chi connectivity index (χ1) is 9.73. The minimum atomic E-state index is -5.07. The van der Waals surface area contributed by atoms with Crippen LogP contribution in [0.15, 0.2) is 33.4 Å². The van der Waals surface area contributed by atoms with Crippen LogP contribution in [0.5, 0.6) is 0 Å². The highest BCUT2D eigenvalue weighted by molar-refractivity contribution is 7.46. The van der Waals surface area contributed by atoms with Crippen molar-refractivity contribution < 1.29 is 33.1 Å². The number of H-pyrrole nitrogens is 1. The van der Waals surface area contributed by atoms with Gasteiger partial charge in [-0.3, -0.25) is 24.1 Å².